The predicted octanol–water partition coefficient (Wildman–Crippen LogP) is -2.47. The Morgan fingerprint density at radius 3 is 2.00 bits per heavy atom. The first-order chi connectivity index (χ1) is 9.55. The zero-order valence-electron chi connectivity index (χ0n) is 10.2. The van der Waals surface area contributed by atoms with Crippen LogP contribution in [0, 0.1) is 0 Å². The van der Waals surface area contributed by atoms with Crippen LogP contribution in [0.4, 0.5) is 13.2 Å². The van der Waals surface area contributed by atoms with E-state index in [4.69, 9.17) is 25.2 Å². The molecule has 1 aromatic rings. The van der Waals surface area contributed by atoms with E-state index in [1.54, 1.807) is 0 Å². The fourth-order valence-corrected chi connectivity index (χ4v) is 1.67. The third kappa shape index (κ3) is 4.11. The molecule has 12 heteroatoms. The van der Waals surface area contributed by atoms with E-state index in [2.05, 4.69) is 4.74 Å². The molecule has 0 fully saturated rings. The standard InChI is InChI=1S/C9H9B2F3O7/c12-9(13,14)4-1-2-5(21-3-6(15)16)8(11(19)20)7(4)10(17)18/h1-2,17-20H,3H2,(H,15,16). The lowest BCUT2D eigenvalue weighted by Gasteiger charge is -2.19. The summed E-state index contributed by atoms with van der Waals surface area (Å²) in [6.45, 7) is -0.966. The number of ether oxygens (including phenoxy) is 1. The highest BCUT2D eigenvalue weighted by Crippen LogP contribution is 2.29. The first-order valence-electron chi connectivity index (χ1n) is 5.36. The Bertz CT molecular complexity index is 533. The van der Waals surface area contributed by atoms with Gasteiger partial charge in [-0.05, 0) is 17.6 Å². The van der Waals surface area contributed by atoms with Crippen molar-refractivity contribution in [3.05, 3.63) is 17.7 Å². The van der Waals surface area contributed by atoms with Gasteiger partial charge in [-0.2, -0.15) is 13.2 Å². The van der Waals surface area contributed by atoms with Crippen LogP contribution in [0.5, 0.6) is 5.75 Å². The van der Waals surface area contributed by atoms with Gasteiger partial charge in [0.2, 0.25) is 0 Å². The van der Waals surface area contributed by atoms with E-state index in [1.165, 1.54) is 0 Å². The average molecular weight is 308 g/mol. The van der Waals surface area contributed by atoms with Crippen LogP contribution in [-0.2, 0) is 11.0 Å². The minimum atomic E-state index is -4.99. The maximum Gasteiger partial charge on any atom is 0.491 e. The van der Waals surface area contributed by atoms with Crippen molar-refractivity contribution in [2.24, 2.45) is 0 Å². The Hall–Kier alpha value is -1.75. The molecule has 0 saturated carbocycles. The molecule has 0 amide bonds. The fraction of sp³-hybridized carbons (Fsp3) is 0.222. The molecule has 114 valence electrons. The molecular weight excluding hydrogens is 299 g/mol. The SMILES string of the molecule is O=C(O)COc1ccc(C(F)(F)F)c(B(O)O)c1B(O)O. The zero-order chi connectivity index (χ0) is 16.4. The summed E-state index contributed by atoms with van der Waals surface area (Å²) in [5.74, 6) is -2.08. The molecule has 5 N–H and O–H groups in total. The summed E-state index contributed by atoms with van der Waals surface area (Å²) in [6.07, 6.45) is -4.99. The molecular formula is C9H9B2F3O7. The van der Waals surface area contributed by atoms with Crippen molar-refractivity contribution in [3.63, 3.8) is 0 Å². The van der Waals surface area contributed by atoms with Crippen LogP contribution in [0.2, 0.25) is 0 Å². The lowest BCUT2D eigenvalue weighted by Crippen LogP contribution is -2.53. The van der Waals surface area contributed by atoms with Gasteiger partial charge >= 0.3 is 26.4 Å². The van der Waals surface area contributed by atoms with E-state index in [0.29, 0.717) is 12.1 Å². The van der Waals surface area contributed by atoms with Gasteiger partial charge in [-0.25, -0.2) is 4.79 Å². The molecule has 0 atom stereocenters. The first kappa shape index (κ1) is 17.3. The molecule has 7 nitrogen and oxygen atoms in total. The van der Waals surface area contributed by atoms with Gasteiger partial charge in [-0.15, -0.1) is 0 Å². The highest BCUT2D eigenvalue weighted by Gasteiger charge is 2.40. The summed E-state index contributed by atoms with van der Waals surface area (Å²) in [6, 6.07) is 1.07. The third-order valence-corrected chi connectivity index (χ3v) is 2.42. The summed E-state index contributed by atoms with van der Waals surface area (Å²) >= 11 is 0. The van der Waals surface area contributed by atoms with Gasteiger partial charge in [-0.3, -0.25) is 0 Å². The number of carbonyl (C=O) groups is 1. The molecule has 0 spiro atoms. The second-order valence-electron chi connectivity index (χ2n) is 3.87. The maximum atomic E-state index is 12.8. The van der Waals surface area contributed by atoms with E-state index in [0.717, 1.165) is 0 Å². The zero-order valence-corrected chi connectivity index (χ0v) is 10.2. The number of alkyl halides is 3. The Morgan fingerprint density at radius 2 is 1.62 bits per heavy atom. The van der Waals surface area contributed by atoms with Crippen molar-refractivity contribution >= 4 is 31.1 Å². The van der Waals surface area contributed by atoms with E-state index >= 15 is 0 Å². The van der Waals surface area contributed by atoms with Gasteiger partial charge in [0.1, 0.15) is 5.75 Å². The molecule has 1 aromatic carbocycles. The second kappa shape index (κ2) is 6.35. The van der Waals surface area contributed by atoms with Crippen molar-refractivity contribution < 1.29 is 47.9 Å². The van der Waals surface area contributed by atoms with Gasteiger partial charge in [0.15, 0.2) is 6.61 Å². The summed E-state index contributed by atoms with van der Waals surface area (Å²) in [5.41, 5.74) is -3.70. The van der Waals surface area contributed by atoms with Gasteiger partial charge in [0.25, 0.3) is 0 Å². The van der Waals surface area contributed by atoms with Gasteiger partial charge in [0, 0.05) is 5.46 Å². The first-order valence-corrected chi connectivity index (χ1v) is 5.36. The number of carboxylic acid groups (broad SMARTS) is 1. The largest absolute Gasteiger partial charge is 0.491 e. The third-order valence-electron chi connectivity index (χ3n) is 2.42. The molecule has 0 aliphatic rings. The number of hydrogen-bond acceptors (Lipinski definition) is 6. The highest BCUT2D eigenvalue weighted by atomic mass is 19.4. The summed E-state index contributed by atoms with van der Waals surface area (Å²) < 4.78 is 42.9. The molecule has 0 heterocycles. The molecule has 0 unspecified atom stereocenters. The molecule has 0 aliphatic heterocycles. The van der Waals surface area contributed by atoms with Crippen LogP contribution in [0.1, 0.15) is 5.56 Å². The Labute approximate surface area is 116 Å². The molecule has 0 aliphatic carbocycles. The van der Waals surface area contributed by atoms with Crippen LogP contribution in [-0.4, -0.2) is 52.0 Å². The smallest absolute Gasteiger partial charge is 0.482 e. The number of hydrogen-bond donors (Lipinski definition) is 5. The van der Waals surface area contributed by atoms with Crippen molar-refractivity contribution in [1.29, 1.82) is 0 Å². The number of halogens is 3. The molecule has 1 rings (SSSR count). The van der Waals surface area contributed by atoms with Crippen molar-refractivity contribution in [2.45, 2.75) is 6.18 Å². The Kier molecular flexibility index (Phi) is 5.23. The molecule has 0 aromatic heterocycles. The minimum Gasteiger partial charge on any atom is -0.482 e. The molecule has 0 radical (unpaired) electrons. The minimum absolute atomic E-state index is 0.415. The van der Waals surface area contributed by atoms with Crippen LogP contribution in [0.3, 0.4) is 0 Å². The van der Waals surface area contributed by atoms with Crippen LogP contribution in [0.15, 0.2) is 12.1 Å². The van der Waals surface area contributed by atoms with Gasteiger partial charge < -0.3 is 29.9 Å². The second-order valence-corrected chi connectivity index (χ2v) is 3.87. The topological polar surface area (TPSA) is 127 Å². The Morgan fingerprint density at radius 1 is 1.10 bits per heavy atom. The molecule has 0 saturated heterocycles. The number of benzene rings is 1. The van der Waals surface area contributed by atoms with Gasteiger partial charge in [0.05, 0.1) is 5.56 Å². The van der Waals surface area contributed by atoms with Crippen LogP contribution in [0.25, 0.3) is 0 Å². The van der Waals surface area contributed by atoms with E-state index in [-0.39, 0.29) is 0 Å². The van der Waals surface area contributed by atoms with Gasteiger partial charge in [-0.1, -0.05) is 0 Å². The van der Waals surface area contributed by atoms with Crippen molar-refractivity contribution in [2.75, 3.05) is 6.61 Å². The molecule has 21 heavy (non-hydrogen) atoms. The average Bonchev–Trinajstić information content (AvgIpc) is 2.33. The van der Waals surface area contributed by atoms with Crippen LogP contribution >= 0.6 is 0 Å². The summed E-state index contributed by atoms with van der Waals surface area (Å²) in [7, 11) is -5.21. The van der Waals surface area contributed by atoms with E-state index < -0.39 is 55.2 Å². The summed E-state index contributed by atoms with van der Waals surface area (Å²) in [5, 5.41) is 44.8. The monoisotopic (exact) mass is 308 g/mol. The van der Waals surface area contributed by atoms with Crippen molar-refractivity contribution in [3.8, 4) is 5.75 Å². The van der Waals surface area contributed by atoms with Crippen molar-refractivity contribution in [1.82, 2.24) is 0 Å². The summed E-state index contributed by atoms with van der Waals surface area (Å²) in [4.78, 5) is 10.4. The fourth-order valence-electron chi connectivity index (χ4n) is 1.67. The maximum absolute atomic E-state index is 12.8. The number of rotatable bonds is 5. The number of aliphatic carboxylic acids is 1. The van der Waals surface area contributed by atoms with E-state index in [9.17, 15) is 18.0 Å². The number of carboxylic acids is 1. The lowest BCUT2D eigenvalue weighted by atomic mass is 9.63. The Balaban J connectivity index is 3.49. The molecule has 0 bridgehead atoms. The highest BCUT2D eigenvalue weighted by molar-refractivity contribution is 6.72. The quantitative estimate of drug-likeness (QED) is 0.381. The van der Waals surface area contributed by atoms with Crippen LogP contribution < -0.4 is 15.7 Å². The lowest BCUT2D eigenvalue weighted by molar-refractivity contribution is -0.139. The normalized spacial score (nSPS) is 11.2. The van der Waals surface area contributed by atoms with E-state index in [1.807, 2.05) is 0 Å². The predicted molar refractivity (Wildman–Crippen MR) is 64.2 cm³/mol.